The molecule has 3 rings (SSSR count). The number of ether oxygens (including phenoxy) is 2. The second-order valence-electron chi connectivity index (χ2n) is 5.34. The number of carbonyl (C=O) groups excluding carboxylic acids is 1. The van der Waals surface area contributed by atoms with Crippen molar-refractivity contribution in [2.24, 2.45) is 0 Å². The number of fused-ring (bicyclic) bond motifs is 1. The van der Waals surface area contributed by atoms with Crippen molar-refractivity contribution in [3.63, 3.8) is 0 Å². The number of thiophene rings is 1. The van der Waals surface area contributed by atoms with E-state index in [4.69, 9.17) is 9.47 Å². The summed E-state index contributed by atoms with van der Waals surface area (Å²) in [5.41, 5.74) is 1.83. The van der Waals surface area contributed by atoms with Crippen LogP contribution in [-0.2, 0) is 6.42 Å². The van der Waals surface area contributed by atoms with E-state index in [2.05, 4.69) is 5.32 Å². The van der Waals surface area contributed by atoms with Crippen molar-refractivity contribution < 1.29 is 14.3 Å². The van der Waals surface area contributed by atoms with Crippen LogP contribution >= 0.6 is 11.3 Å². The van der Waals surface area contributed by atoms with Crippen molar-refractivity contribution in [1.82, 2.24) is 5.32 Å². The van der Waals surface area contributed by atoms with Gasteiger partial charge in [-0.25, -0.2) is 0 Å². The first-order valence-electron chi connectivity index (χ1n) is 7.68. The number of rotatable bonds is 6. The summed E-state index contributed by atoms with van der Waals surface area (Å²) in [5, 5.41) is 5.91. The molecular weight excluding hydrogens is 322 g/mol. The first-order valence-corrected chi connectivity index (χ1v) is 8.56. The van der Waals surface area contributed by atoms with Crippen LogP contribution in [0.4, 0.5) is 0 Å². The Hall–Kier alpha value is -2.53. The fraction of sp³-hybridized carbons (Fsp3) is 0.211. The molecule has 4 nitrogen and oxygen atoms in total. The maximum atomic E-state index is 12.4. The lowest BCUT2D eigenvalue weighted by atomic mass is 10.1. The zero-order valence-corrected chi connectivity index (χ0v) is 14.5. The number of methoxy groups -OCH3 is 2. The molecule has 0 radical (unpaired) electrons. The second-order valence-corrected chi connectivity index (χ2v) is 6.25. The Kier molecular flexibility index (Phi) is 5.01. The van der Waals surface area contributed by atoms with Crippen molar-refractivity contribution in [3.05, 3.63) is 59.0 Å². The Morgan fingerprint density at radius 2 is 1.88 bits per heavy atom. The molecule has 0 bridgehead atoms. The molecule has 24 heavy (non-hydrogen) atoms. The van der Waals surface area contributed by atoms with Gasteiger partial charge in [0.05, 0.1) is 19.8 Å². The summed E-state index contributed by atoms with van der Waals surface area (Å²) in [5.74, 6) is 1.37. The molecule has 2 aromatic carbocycles. The van der Waals surface area contributed by atoms with Gasteiger partial charge in [0.25, 0.3) is 5.91 Å². The molecule has 124 valence electrons. The summed E-state index contributed by atoms with van der Waals surface area (Å²) < 4.78 is 11.7. The fourth-order valence-electron chi connectivity index (χ4n) is 2.61. The summed E-state index contributed by atoms with van der Waals surface area (Å²) >= 11 is 1.59. The number of hydrogen-bond donors (Lipinski definition) is 1. The number of carbonyl (C=O) groups is 1. The van der Waals surface area contributed by atoms with E-state index in [1.807, 2.05) is 47.8 Å². The molecule has 0 aliphatic heterocycles. The van der Waals surface area contributed by atoms with Crippen LogP contribution in [0.25, 0.3) is 10.1 Å². The van der Waals surface area contributed by atoms with Crippen LogP contribution in [0.2, 0.25) is 0 Å². The van der Waals surface area contributed by atoms with E-state index in [-0.39, 0.29) is 5.91 Å². The molecule has 1 N–H and O–H groups in total. The molecule has 1 aromatic heterocycles. The first-order chi connectivity index (χ1) is 11.7. The van der Waals surface area contributed by atoms with Gasteiger partial charge >= 0.3 is 0 Å². The molecule has 0 fully saturated rings. The third-order valence-corrected chi connectivity index (χ3v) is 4.84. The van der Waals surface area contributed by atoms with Crippen LogP contribution in [0.5, 0.6) is 11.5 Å². The van der Waals surface area contributed by atoms with Crippen LogP contribution < -0.4 is 14.8 Å². The zero-order chi connectivity index (χ0) is 16.9. The van der Waals surface area contributed by atoms with Crippen LogP contribution in [0.1, 0.15) is 15.9 Å². The molecule has 1 heterocycles. The maximum absolute atomic E-state index is 12.4. The van der Waals surface area contributed by atoms with Gasteiger partial charge in [-0.2, -0.15) is 0 Å². The van der Waals surface area contributed by atoms with E-state index in [9.17, 15) is 4.79 Å². The van der Waals surface area contributed by atoms with Gasteiger partial charge in [0.1, 0.15) is 0 Å². The fourth-order valence-corrected chi connectivity index (χ4v) is 3.55. The molecule has 5 heteroatoms. The molecule has 0 spiro atoms. The van der Waals surface area contributed by atoms with Crippen molar-refractivity contribution in [2.75, 3.05) is 20.8 Å². The van der Waals surface area contributed by atoms with Crippen LogP contribution in [-0.4, -0.2) is 26.7 Å². The Labute approximate surface area is 145 Å². The molecular formula is C19H19NO3S. The predicted molar refractivity (Wildman–Crippen MR) is 97.4 cm³/mol. The minimum Gasteiger partial charge on any atom is -0.493 e. The number of benzene rings is 2. The van der Waals surface area contributed by atoms with E-state index in [0.29, 0.717) is 18.0 Å². The minimum absolute atomic E-state index is 0.0343. The van der Waals surface area contributed by atoms with E-state index >= 15 is 0 Å². The van der Waals surface area contributed by atoms with Gasteiger partial charge < -0.3 is 14.8 Å². The van der Waals surface area contributed by atoms with Crippen LogP contribution in [0.15, 0.2) is 47.8 Å². The van der Waals surface area contributed by atoms with Gasteiger partial charge in [-0.15, -0.1) is 11.3 Å². The second kappa shape index (κ2) is 7.36. The van der Waals surface area contributed by atoms with Gasteiger partial charge in [0.2, 0.25) is 0 Å². The Morgan fingerprint density at radius 3 is 2.67 bits per heavy atom. The summed E-state index contributed by atoms with van der Waals surface area (Å²) in [6, 6.07) is 13.7. The van der Waals surface area contributed by atoms with Crippen LogP contribution in [0, 0.1) is 0 Å². The lowest BCUT2D eigenvalue weighted by Gasteiger charge is -2.10. The third-order valence-electron chi connectivity index (χ3n) is 3.87. The highest BCUT2D eigenvalue weighted by atomic mass is 32.1. The first kappa shape index (κ1) is 16.3. The van der Waals surface area contributed by atoms with Gasteiger partial charge in [-0.05, 0) is 30.2 Å². The van der Waals surface area contributed by atoms with Crippen LogP contribution in [0.3, 0.4) is 0 Å². The normalized spacial score (nSPS) is 10.6. The highest BCUT2D eigenvalue weighted by Crippen LogP contribution is 2.28. The number of hydrogen-bond acceptors (Lipinski definition) is 4. The highest BCUT2D eigenvalue weighted by Gasteiger charge is 2.11. The van der Waals surface area contributed by atoms with Crippen molar-refractivity contribution in [3.8, 4) is 11.5 Å². The SMILES string of the molecule is COc1ccc(CCNC(=O)c2csc3ccccc23)cc1OC. The molecule has 0 saturated carbocycles. The van der Waals surface area contributed by atoms with E-state index in [0.717, 1.165) is 27.6 Å². The molecule has 0 aliphatic carbocycles. The lowest BCUT2D eigenvalue weighted by molar-refractivity contribution is 0.0956. The van der Waals surface area contributed by atoms with Gasteiger partial charge in [-0.3, -0.25) is 4.79 Å². The molecule has 0 unspecified atom stereocenters. The Balaban J connectivity index is 1.63. The molecule has 0 saturated heterocycles. The average molecular weight is 341 g/mol. The van der Waals surface area contributed by atoms with Gasteiger partial charge in [0.15, 0.2) is 11.5 Å². The van der Waals surface area contributed by atoms with E-state index in [1.165, 1.54) is 0 Å². The Bertz CT molecular complexity index is 857. The molecule has 1 amide bonds. The van der Waals surface area contributed by atoms with E-state index in [1.54, 1.807) is 25.6 Å². The standard InChI is InChI=1S/C19H19NO3S/c1-22-16-8-7-13(11-17(16)23-2)9-10-20-19(21)15-12-24-18-6-4-3-5-14(15)18/h3-8,11-12H,9-10H2,1-2H3,(H,20,21). The van der Waals surface area contributed by atoms with Crippen molar-refractivity contribution in [1.29, 1.82) is 0 Å². The van der Waals surface area contributed by atoms with Crippen molar-refractivity contribution in [2.45, 2.75) is 6.42 Å². The quantitative estimate of drug-likeness (QED) is 0.740. The number of nitrogens with one attached hydrogen (secondary N) is 1. The van der Waals surface area contributed by atoms with Crippen molar-refractivity contribution >= 4 is 27.3 Å². The summed E-state index contributed by atoms with van der Waals surface area (Å²) in [6.45, 7) is 0.568. The Morgan fingerprint density at radius 1 is 1.08 bits per heavy atom. The lowest BCUT2D eigenvalue weighted by Crippen LogP contribution is -2.25. The molecule has 3 aromatic rings. The number of amides is 1. The van der Waals surface area contributed by atoms with Gasteiger partial charge in [-0.1, -0.05) is 24.3 Å². The summed E-state index contributed by atoms with van der Waals surface area (Å²) in [7, 11) is 3.23. The largest absolute Gasteiger partial charge is 0.493 e. The van der Waals surface area contributed by atoms with E-state index < -0.39 is 0 Å². The maximum Gasteiger partial charge on any atom is 0.252 e. The summed E-state index contributed by atoms with van der Waals surface area (Å²) in [6.07, 6.45) is 0.730. The average Bonchev–Trinajstić information content (AvgIpc) is 3.05. The minimum atomic E-state index is -0.0343. The third kappa shape index (κ3) is 3.36. The summed E-state index contributed by atoms with van der Waals surface area (Å²) in [4.78, 5) is 12.4. The smallest absolute Gasteiger partial charge is 0.252 e. The predicted octanol–water partition coefficient (Wildman–Crippen LogP) is 3.89. The highest BCUT2D eigenvalue weighted by molar-refractivity contribution is 7.17. The van der Waals surface area contributed by atoms with Gasteiger partial charge in [0, 0.05) is 22.0 Å². The monoisotopic (exact) mass is 341 g/mol. The molecule has 0 atom stereocenters. The zero-order valence-electron chi connectivity index (χ0n) is 13.7. The topological polar surface area (TPSA) is 47.6 Å². The molecule has 0 aliphatic rings.